The molecule has 0 atom stereocenters. The minimum absolute atomic E-state index is 1.13. The fraction of sp³-hybridized carbons (Fsp3) is 0.200. The van der Waals surface area contributed by atoms with Crippen LogP contribution in [0.5, 0.6) is 0 Å². The number of nitrogens with two attached hydrogens (primary N) is 2. The Balaban J connectivity index is 0.000000686. The van der Waals surface area contributed by atoms with Gasteiger partial charge in [-0.3, -0.25) is 11.7 Å². The number of rotatable bonds is 3. The highest BCUT2D eigenvalue weighted by molar-refractivity contribution is 5.23. The first-order chi connectivity index (χ1) is 8.34. The maximum Gasteiger partial charge on any atom is -0.0238 e. The summed E-state index contributed by atoms with van der Waals surface area (Å²) < 4.78 is 0. The quantitative estimate of drug-likeness (QED) is 0.626. The summed E-state index contributed by atoms with van der Waals surface area (Å²) in [5, 5.41) is 0. The second kappa shape index (κ2) is 7.60. The summed E-state index contributed by atoms with van der Waals surface area (Å²) in [7, 11) is 0. The van der Waals surface area contributed by atoms with Gasteiger partial charge in [-0.15, -0.1) is 0 Å². The maximum atomic E-state index is 4.00. The molecule has 2 nitrogen and oxygen atoms in total. The molecule has 90 valence electrons. The Labute approximate surface area is 103 Å². The number of hydrogen-bond acceptors (Lipinski definition) is 2. The van der Waals surface area contributed by atoms with Gasteiger partial charge < -0.3 is 0 Å². The third-order valence-electron chi connectivity index (χ3n) is 2.67. The molecule has 2 rings (SSSR count). The van der Waals surface area contributed by atoms with Crippen molar-refractivity contribution in [2.45, 2.75) is 19.8 Å². The third kappa shape index (κ3) is 4.81. The van der Waals surface area contributed by atoms with Crippen molar-refractivity contribution in [1.82, 2.24) is 0 Å². The van der Waals surface area contributed by atoms with E-state index in [0.717, 1.165) is 12.8 Å². The van der Waals surface area contributed by atoms with E-state index in [1.807, 2.05) is 0 Å². The first-order valence-corrected chi connectivity index (χ1v) is 5.77. The average molecular weight is 228 g/mol. The first-order valence-electron chi connectivity index (χ1n) is 5.77. The van der Waals surface area contributed by atoms with Crippen molar-refractivity contribution in [3.05, 3.63) is 71.3 Å². The zero-order valence-electron chi connectivity index (χ0n) is 10.3. The molecule has 0 heterocycles. The standard InChI is InChI=1S/C15H16.H4N2/c1-13-7-9-15(10-8-13)12-11-14-5-3-2-4-6-14;1-2/h2-10H,11-12H2,1H3;1-2H2. The zero-order chi connectivity index (χ0) is 12.5. The van der Waals surface area contributed by atoms with Crippen LogP contribution in [0.3, 0.4) is 0 Å². The van der Waals surface area contributed by atoms with Crippen LogP contribution in [0, 0.1) is 6.92 Å². The van der Waals surface area contributed by atoms with E-state index in [0.29, 0.717) is 0 Å². The molecule has 0 aliphatic carbocycles. The summed E-state index contributed by atoms with van der Waals surface area (Å²) in [5.41, 5.74) is 4.17. The highest BCUT2D eigenvalue weighted by Gasteiger charge is 1.94. The second-order valence-corrected chi connectivity index (χ2v) is 3.97. The van der Waals surface area contributed by atoms with Crippen molar-refractivity contribution < 1.29 is 0 Å². The molecule has 17 heavy (non-hydrogen) atoms. The van der Waals surface area contributed by atoms with Crippen LogP contribution in [-0.2, 0) is 12.8 Å². The summed E-state index contributed by atoms with van der Waals surface area (Å²) in [5.74, 6) is 8.00. The van der Waals surface area contributed by atoms with Gasteiger partial charge in [0.2, 0.25) is 0 Å². The minimum atomic E-state index is 1.13. The molecule has 0 aromatic heterocycles. The van der Waals surface area contributed by atoms with E-state index < -0.39 is 0 Å². The summed E-state index contributed by atoms with van der Waals surface area (Å²) in [4.78, 5) is 0. The van der Waals surface area contributed by atoms with Gasteiger partial charge in [0.05, 0.1) is 0 Å². The molecule has 0 saturated heterocycles. The Morgan fingerprint density at radius 2 is 1.18 bits per heavy atom. The number of hydrazine groups is 1. The SMILES string of the molecule is Cc1ccc(CCc2ccccc2)cc1.NN. The molecular formula is C15H20N2. The predicted octanol–water partition coefficient (Wildman–Crippen LogP) is 2.60. The van der Waals surface area contributed by atoms with Crippen molar-refractivity contribution in [2.75, 3.05) is 0 Å². The largest absolute Gasteiger partial charge is 0.274 e. The Bertz CT molecular complexity index is 407. The lowest BCUT2D eigenvalue weighted by atomic mass is 10.0. The summed E-state index contributed by atoms with van der Waals surface area (Å²) in [6, 6.07) is 19.4. The normalized spacial score (nSPS) is 9.35. The minimum Gasteiger partial charge on any atom is -0.274 e. The summed E-state index contributed by atoms with van der Waals surface area (Å²) in [6.07, 6.45) is 2.26. The molecule has 0 radical (unpaired) electrons. The van der Waals surface area contributed by atoms with Crippen LogP contribution in [0.15, 0.2) is 54.6 Å². The zero-order valence-corrected chi connectivity index (χ0v) is 10.3. The van der Waals surface area contributed by atoms with Gasteiger partial charge >= 0.3 is 0 Å². The van der Waals surface area contributed by atoms with Gasteiger partial charge in [0.15, 0.2) is 0 Å². The molecule has 0 aliphatic heterocycles. The molecular weight excluding hydrogens is 208 g/mol. The van der Waals surface area contributed by atoms with Gasteiger partial charge in [0.1, 0.15) is 0 Å². The lowest BCUT2D eigenvalue weighted by molar-refractivity contribution is 0.959. The predicted molar refractivity (Wildman–Crippen MR) is 73.4 cm³/mol. The van der Waals surface area contributed by atoms with Gasteiger partial charge in [0.25, 0.3) is 0 Å². The fourth-order valence-corrected chi connectivity index (χ4v) is 1.69. The molecule has 0 saturated carbocycles. The molecule has 2 heteroatoms. The second-order valence-electron chi connectivity index (χ2n) is 3.97. The van der Waals surface area contributed by atoms with Gasteiger partial charge in [0, 0.05) is 0 Å². The van der Waals surface area contributed by atoms with Crippen LogP contribution in [0.4, 0.5) is 0 Å². The van der Waals surface area contributed by atoms with E-state index in [4.69, 9.17) is 0 Å². The van der Waals surface area contributed by atoms with Crippen molar-refractivity contribution >= 4 is 0 Å². The van der Waals surface area contributed by atoms with E-state index >= 15 is 0 Å². The van der Waals surface area contributed by atoms with E-state index in [9.17, 15) is 0 Å². The first kappa shape index (κ1) is 13.4. The van der Waals surface area contributed by atoms with Crippen molar-refractivity contribution in [3.8, 4) is 0 Å². The molecule has 2 aromatic rings. The Hall–Kier alpha value is -1.64. The molecule has 0 bridgehead atoms. The number of benzene rings is 2. The van der Waals surface area contributed by atoms with E-state index in [-0.39, 0.29) is 0 Å². The Morgan fingerprint density at radius 1 is 0.706 bits per heavy atom. The van der Waals surface area contributed by atoms with Crippen molar-refractivity contribution in [1.29, 1.82) is 0 Å². The average Bonchev–Trinajstić information content (AvgIpc) is 2.42. The molecule has 4 N–H and O–H groups in total. The molecule has 0 spiro atoms. The maximum absolute atomic E-state index is 4.00. The van der Waals surface area contributed by atoms with Gasteiger partial charge in [-0.05, 0) is 30.9 Å². The third-order valence-corrected chi connectivity index (χ3v) is 2.67. The Kier molecular flexibility index (Phi) is 6.00. The topological polar surface area (TPSA) is 52.0 Å². The van der Waals surface area contributed by atoms with Crippen LogP contribution < -0.4 is 11.7 Å². The van der Waals surface area contributed by atoms with E-state index in [2.05, 4.69) is 73.2 Å². The van der Waals surface area contributed by atoms with Crippen molar-refractivity contribution in [3.63, 3.8) is 0 Å². The molecule has 0 unspecified atom stereocenters. The van der Waals surface area contributed by atoms with E-state index in [1.165, 1.54) is 16.7 Å². The molecule has 2 aromatic carbocycles. The van der Waals surface area contributed by atoms with Gasteiger partial charge in [-0.2, -0.15) is 0 Å². The van der Waals surface area contributed by atoms with Crippen molar-refractivity contribution in [2.24, 2.45) is 11.7 Å². The van der Waals surface area contributed by atoms with Crippen LogP contribution in [0.1, 0.15) is 16.7 Å². The Morgan fingerprint density at radius 3 is 1.71 bits per heavy atom. The smallest absolute Gasteiger partial charge is 0.0238 e. The lowest BCUT2D eigenvalue weighted by Crippen LogP contribution is -2.02. The molecule has 0 aliphatic rings. The van der Waals surface area contributed by atoms with Crippen LogP contribution >= 0.6 is 0 Å². The van der Waals surface area contributed by atoms with Crippen LogP contribution in [0.25, 0.3) is 0 Å². The van der Waals surface area contributed by atoms with Gasteiger partial charge in [-0.25, -0.2) is 0 Å². The molecule has 0 fully saturated rings. The number of hydrogen-bond donors (Lipinski definition) is 2. The summed E-state index contributed by atoms with van der Waals surface area (Å²) in [6.45, 7) is 2.13. The highest BCUT2D eigenvalue weighted by atomic mass is 15.0. The highest BCUT2D eigenvalue weighted by Crippen LogP contribution is 2.08. The molecule has 0 amide bonds. The van der Waals surface area contributed by atoms with Crippen LogP contribution in [0.2, 0.25) is 0 Å². The van der Waals surface area contributed by atoms with E-state index in [1.54, 1.807) is 0 Å². The number of aryl methyl sites for hydroxylation is 3. The monoisotopic (exact) mass is 228 g/mol. The summed E-state index contributed by atoms with van der Waals surface area (Å²) >= 11 is 0. The lowest BCUT2D eigenvalue weighted by Gasteiger charge is -2.02. The van der Waals surface area contributed by atoms with Gasteiger partial charge in [-0.1, -0.05) is 60.2 Å². The fourth-order valence-electron chi connectivity index (χ4n) is 1.69. The van der Waals surface area contributed by atoms with Crippen LogP contribution in [-0.4, -0.2) is 0 Å².